The highest BCUT2D eigenvalue weighted by Crippen LogP contribution is 2.39. The Labute approximate surface area is 135 Å². The van der Waals surface area contributed by atoms with Crippen LogP contribution in [0.5, 0.6) is 5.75 Å². The number of azo groups is 1. The van der Waals surface area contributed by atoms with Crippen LogP contribution in [-0.2, 0) is 5.41 Å². The minimum absolute atomic E-state index is 0. The summed E-state index contributed by atoms with van der Waals surface area (Å²) < 4.78 is 0. The maximum absolute atomic E-state index is 10.0. The van der Waals surface area contributed by atoms with Gasteiger partial charge in [0, 0.05) is 0 Å². The normalized spacial score (nSPS) is 11.4. The third-order valence-electron chi connectivity index (χ3n) is 3.00. The zero-order chi connectivity index (χ0) is 15.6. The number of rotatable bonds is 2. The predicted molar refractivity (Wildman–Crippen MR) is 91.3 cm³/mol. The third-order valence-corrected chi connectivity index (χ3v) is 3.00. The Morgan fingerprint density at radius 2 is 1.73 bits per heavy atom. The Kier molecular flexibility index (Phi) is 5.33. The molecule has 5 N–H and O–H groups in total. The SMILES string of the molecule is CC(C)(C)c1cccc(O)c1N=Nc1ccc(N)nc1N.Cl. The van der Waals surface area contributed by atoms with Crippen LogP contribution in [-0.4, -0.2) is 10.1 Å². The van der Waals surface area contributed by atoms with Gasteiger partial charge in [-0.25, -0.2) is 4.98 Å². The summed E-state index contributed by atoms with van der Waals surface area (Å²) in [6, 6.07) is 8.51. The smallest absolute Gasteiger partial charge is 0.153 e. The van der Waals surface area contributed by atoms with Gasteiger partial charge >= 0.3 is 0 Å². The Morgan fingerprint density at radius 3 is 2.32 bits per heavy atom. The van der Waals surface area contributed by atoms with E-state index in [1.54, 1.807) is 24.3 Å². The molecular formula is C15H20ClN5O. The van der Waals surface area contributed by atoms with Crippen molar-refractivity contribution in [1.29, 1.82) is 0 Å². The van der Waals surface area contributed by atoms with Gasteiger partial charge in [0.15, 0.2) is 5.82 Å². The number of anilines is 2. The van der Waals surface area contributed by atoms with Crippen LogP contribution in [0, 0.1) is 0 Å². The second-order valence-electron chi connectivity index (χ2n) is 5.76. The van der Waals surface area contributed by atoms with Gasteiger partial charge in [-0.15, -0.1) is 22.6 Å². The van der Waals surface area contributed by atoms with E-state index >= 15 is 0 Å². The largest absolute Gasteiger partial charge is 0.506 e. The Hall–Kier alpha value is -2.34. The minimum Gasteiger partial charge on any atom is -0.506 e. The molecule has 0 aliphatic rings. The van der Waals surface area contributed by atoms with Crippen LogP contribution >= 0.6 is 12.4 Å². The van der Waals surface area contributed by atoms with Crippen LogP contribution < -0.4 is 11.5 Å². The molecule has 0 unspecified atom stereocenters. The first-order chi connectivity index (χ1) is 9.79. The number of pyridine rings is 1. The van der Waals surface area contributed by atoms with Crippen molar-refractivity contribution in [1.82, 2.24) is 4.98 Å². The molecule has 0 saturated heterocycles. The topological polar surface area (TPSA) is 110 Å². The molecule has 0 amide bonds. The highest BCUT2D eigenvalue weighted by Gasteiger charge is 2.20. The van der Waals surface area contributed by atoms with Crippen molar-refractivity contribution in [3.05, 3.63) is 35.9 Å². The summed E-state index contributed by atoms with van der Waals surface area (Å²) in [4.78, 5) is 3.92. The van der Waals surface area contributed by atoms with Crippen LogP contribution in [0.15, 0.2) is 40.6 Å². The molecule has 118 valence electrons. The van der Waals surface area contributed by atoms with Crippen molar-refractivity contribution in [2.75, 3.05) is 11.5 Å². The zero-order valence-electron chi connectivity index (χ0n) is 12.7. The number of nitrogens with two attached hydrogens (primary N) is 2. The van der Waals surface area contributed by atoms with Crippen molar-refractivity contribution in [3.8, 4) is 5.75 Å². The highest BCUT2D eigenvalue weighted by atomic mass is 35.5. The number of hydrogen-bond donors (Lipinski definition) is 3. The first-order valence-corrected chi connectivity index (χ1v) is 6.55. The molecule has 0 spiro atoms. The summed E-state index contributed by atoms with van der Waals surface area (Å²) in [6.07, 6.45) is 0. The molecule has 2 rings (SSSR count). The third kappa shape index (κ3) is 3.85. The summed E-state index contributed by atoms with van der Waals surface area (Å²) in [5.41, 5.74) is 12.8. The molecule has 0 atom stereocenters. The number of nitrogens with zero attached hydrogens (tertiary/aromatic N) is 3. The molecule has 1 aromatic carbocycles. The van der Waals surface area contributed by atoms with E-state index in [2.05, 4.69) is 15.2 Å². The highest BCUT2D eigenvalue weighted by molar-refractivity contribution is 5.85. The fourth-order valence-corrected chi connectivity index (χ4v) is 1.91. The van der Waals surface area contributed by atoms with Gasteiger partial charge in [0.1, 0.15) is 22.9 Å². The van der Waals surface area contributed by atoms with E-state index in [0.29, 0.717) is 17.2 Å². The number of hydrogen-bond acceptors (Lipinski definition) is 6. The zero-order valence-corrected chi connectivity index (χ0v) is 13.6. The van der Waals surface area contributed by atoms with Crippen molar-refractivity contribution >= 4 is 35.4 Å². The van der Waals surface area contributed by atoms with Crippen LogP contribution in [0.25, 0.3) is 0 Å². The Bertz CT molecular complexity index is 695. The lowest BCUT2D eigenvalue weighted by atomic mass is 9.86. The van der Waals surface area contributed by atoms with Crippen molar-refractivity contribution in [3.63, 3.8) is 0 Å². The Balaban J connectivity index is 0.00000242. The summed E-state index contributed by atoms with van der Waals surface area (Å²) in [5.74, 6) is 0.601. The summed E-state index contributed by atoms with van der Waals surface area (Å²) >= 11 is 0. The molecule has 0 aliphatic carbocycles. The molecule has 1 aromatic heterocycles. The monoisotopic (exact) mass is 321 g/mol. The number of nitrogen functional groups attached to an aromatic ring is 2. The number of aromatic nitrogens is 1. The van der Waals surface area contributed by atoms with Gasteiger partial charge in [-0.05, 0) is 29.2 Å². The lowest BCUT2D eigenvalue weighted by Crippen LogP contribution is -2.11. The average molecular weight is 322 g/mol. The molecular weight excluding hydrogens is 302 g/mol. The van der Waals surface area contributed by atoms with E-state index in [0.717, 1.165) is 5.56 Å². The Morgan fingerprint density at radius 1 is 1.05 bits per heavy atom. The van der Waals surface area contributed by atoms with Crippen LogP contribution in [0.1, 0.15) is 26.3 Å². The molecule has 6 nitrogen and oxygen atoms in total. The average Bonchev–Trinajstić information content (AvgIpc) is 2.37. The standard InChI is InChI=1S/C15H19N5O.ClH/c1-15(2,3)9-5-4-6-11(21)13(9)20-19-10-7-8-12(16)18-14(10)17;/h4-8,21H,1-3H3,(H4,16,17,18);1H. The molecule has 0 fully saturated rings. The van der Waals surface area contributed by atoms with Gasteiger partial charge in [0.25, 0.3) is 0 Å². The molecule has 0 saturated carbocycles. The predicted octanol–water partition coefficient (Wildman–Crippen LogP) is 4.09. The second-order valence-corrected chi connectivity index (χ2v) is 5.76. The van der Waals surface area contributed by atoms with Gasteiger partial charge in [0.2, 0.25) is 0 Å². The molecule has 7 heteroatoms. The molecule has 0 radical (unpaired) electrons. The van der Waals surface area contributed by atoms with Crippen molar-refractivity contribution in [2.24, 2.45) is 10.2 Å². The lowest BCUT2D eigenvalue weighted by Gasteiger charge is -2.21. The van der Waals surface area contributed by atoms with Crippen LogP contribution in [0.3, 0.4) is 0 Å². The number of phenolic OH excluding ortho intramolecular Hbond substituents is 1. The molecule has 1 heterocycles. The van der Waals surface area contributed by atoms with Crippen molar-refractivity contribution in [2.45, 2.75) is 26.2 Å². The fraction of sp³-hybridized carbons (Fsp3) is 0.267. The summed E-state index contributed by atoms with van der Waals surface area (Å²) in [5, 5.41) is 18.2. The summed E-state index contributed by atoms with van der Waals surface area (Å²) in [6.45, 7) is 6.12. The van der Waals surface area contributed by atoms with Gasteiger partial charge in [-0.1, -0.05) is 32.9 Å². The van der Waals surface area contributed by atoms with E-state index < -0.39 is 0 Å². The molecule has 0 bridgehead atoms. The maximum atomic E-state index is 10.0. The maximum Gasteiger partial charge on any atom is 0.153 e. The molecule has 0 aliphatic heterocycles. The number of aromatic hydroxyl groups is 1. The van der Waals surface area contributed by atoms with Crippen LogP contribution in [0.4, 0.5) is 23.0 Å². The number of phenols is 1. The quantitative estimate of drug-likeness (QED) is 0.723. The van der Waals surface area contributed by atoms with Gasteiger partial charge < -0.3 is 16.6 Å². The van der Waals surface area contributed by atoms with E-state index in [-0.39, 0.29) is 29.4 Å². The van der Waals surface area contributed by atoms with Crippen LogP contribution in [0.2, 0.25) is 0 Å². The second kappa shape index (κ2) is 6.62. The van der Waals surface area contributed by atoms with E-state index in [1.165, 1.54) is 0 Å². The van der Waals surface area contributed by atoms with E-state index in [9.17, 15) is 5.11 Å². The lowest BCUT2D eigenvalue weighted by molar-refractivity contribution is 0.472. The minimum atomic E-state index is -0.169. The number of benzene rings is 1. The van der Waals surface area contributed by atoms with E-state index in [1.807, 2.05) is 26.8 Å². The first kappa shape index (κ1) is 17.7. The first-order valence-electron chi connectivity index (χ1n) is 6.55. The van der Waals surface area contributed by atoms with E-state index in [4.69, 9.17) is 11.5 Å². The fourth-order valence-electron chi connectivity index (χ4n) is 1.91. The summed E-state index contributed by atoms with van der Waals surface area (Å²) in [7, 11) is 0. The molecule has 22 heavy (non-hydrogen) atoms. The molecule has 2 aromatic rings. The van der Waals surface area contributed by atoms with Gasteiger partial charge in [-0.2, -0.15) is 0 Å². The van der Waals surface area contributed by atoms with Crippen molar-refractivity contribution < 1.29 is 5.11 Å². The number of halogens is 1. The van der Waals surface area contributed by atoms with Gasteiger partial charge in [0.05, 0.1) is 0 Å². The van der Waals surface area contributed by atoms with Gasteiger partial charge in [-0.3, -0.25) is 0 Å².